The van der Waals surface area contributed by atoms with Crippen LogP contribution in [0.5, 0.6) is 0 Å². The maximum atomic E-state index is 9.07. The lowest BCUT2D eigenvalue weighted by Gasteiger charge is -2.32. The minimum Gasteiger partial charge on any atom is -0.390 e. The predicted octanol–water partition coefficient (Wildman–Crippen LogP) is 1.38. The number of hydrogen-bond donors (Lipinski definition) is 1. The van der Waals surface area contributed by atoms with Crippen molar-refractivity contribution >= 4 is 11.6 Å². The van der Waals surface area contributed by atoms with Crippen molar-refractivity contribution in [3.63, 3.8) is 0 Å². The van der Waals surface area contributed by atoms with E-state index in [9.17, 15) is 0 Å². The molecule has 126 valence electrons. The zero-order chi connectivity index (χ0) is 16.4. The van der Waals surface area contributed by atoms with Gasteiger partial charge in [0.25, 0.3) is 0 Å². The molecule has 1 fully saturated rings. The number of nitrogens with zero attached hydrogens (tertiary/aromatic N) is 6. The molecule has 0 spiro atoms. The molecule has 3 heterocycles. The zero-order valence-electron chi connectivity index (χ0n) is 13.6. The van der Waals surface area contributed by atoms with Crippen LogP contribution < -0.4 is 0 Å². The van der Waals surface area contributed by atoms with Gasteiger partial charge in [0.05, 0.1) is 18.5 Å². The lowest BCUT2D eigenvalue weighted by Crippen LogP contribution is -2.36. The number of aromatic nitrogens is 5. The van der Waals surface area contributed by atoms with Gasteiger partial charge in [-0.1, -0.05) is 16.8 Å². The van der Waals surface area contributed by atoms with E-state index in [1.807, 2.05) is 24.9 Å². The van der Waals surface area contributed by atoms with Crippen LogP contribution in [-0.4, -0.2) is 47.9 Å². The van der Waals surface area contributed by atoms with Gasteiger partial charge in [-0.2, -0.15) is 5.10 Å². The third-order valence-corrected chi connectivity index (χ3v) is 4.92. The molecule has 0 bridgehead atoms. The minimum absolute atomic E-state index is 0.0599. The third-order valence-electron chi connectivity index (χ3n) is 4.45. The second-order valence-corrected chi connectivity index (χ2v) is 6.67. The highest BCUT2D eigenvalue weighted by molar-refractivity contribution is 6.30. The van der Waals surface area contributed by atoms with Gasteiger partial charge in [-0.3, -0.25) is 14.3 Å². The van der Waals surface area contributed by atoms with Gasteiger partial charge >= 0.3 is 0 Å². The summed E-state index contributed by atoms with van der Waals surface area (Å²) in [4.78, 5) is 2.44. The van der Waals surface area contributed by atoms with Gasteiger partial charge in [-0.25, -0.2) is 0 Å². The summed E-state index contributed by atoms with van der Waals surface area (Å²) in [5.41, 5.74) is 2.75. The van der Waals surface area contributed by atoms with Crippen LogP contribution in [0, 0.1) is 12.8 Å². The molecule has 0 aliphatic carbocycles. The molecule has 0 amide bonds. The second kappa shape index (κ2) is 6.98. The summed E-state index contributed by atoms with van der Waals surface area (Å²) in [5.74, 6) is 0.535. The van der Waals surface area contributed by atoms with E-state index in [4.69, 9.17) is 16.7 Å². The Morgan fingerprint density at radius 2 is 2.26 bits per heavy atom. The van der Waals surface area contributed by atoms with Gasteiger partial charge in [-0.15, -0.1) is 5.10 Å². The molecule has 0 radical (unpaired) electrons. The molecular weight excluding hydrogens is 316 g/mol. The Labute approximate surface area is 140 Å². The molecule has 8 heteroatoms. The third kappa shape index (κ3) is 3.73. The van der Waals surface area contributed by atoms with Crippen molar-refractivity contribution in [1.82, 2.24) is 29.7 Å². The van der Waals surface area contributed by atoms with Crippen LogP contribution in [0.25, 0.3) is 0 Å². The van der Waals surface area contributed by atoms with Crippen molar-refractivity contribution in [2.24, 2.45) is 13.0 Å². The van der Waals surface area contributed by atoms with E-state index >= 15 is 0 Å². The van der Waals surface area contributed by atoms with Crippen LogP contribution in [0.15, 0.2) is 6.20 Å². The fourth-order valence-corrected chi connectivity index (χ4v) is 3.52. The topological polar surface area (TPSA) is 72.0 Å². The van der Waals surface area contributed by atoms with Crippen molar-refractivity contribution in [1.29, 1.82) is 0 Å². The number of aliphatic hydroxyl groups excluding tert-OH is 1. The van der Waals surface area contributed by atoms with Crippen LogP contribution in [0.4, 0.5) is 0 Å². The standard InChI is InChI=1S/C15H23ClN6O/c1-11-14(15(16)20(2)18-11)9-21-5-3-4-12(6-21)7-22-8-13(10-23)17-19-22/h8,12,23H,3-7,9-10H2,1-2H3/t12-/m0/s1. The van der Waals surface area contributed by atoms with E-state index in [0.29, 0.717) is 11.6 Å². The second-order valence-electron chi connectivity index (χ2n) is 6.31. The number of likely N-dealkylation sites (tertiary alicyclic amines) is 1. The normalized spacial score (nSPS) is 19.4. The lowest BCUT2D eigenvalue weighted by atomic mass is 9.97. The van der Waals surface area contributed by atoms with Crippen LogP contribution in [0.1, 0.15) is 29.8 Å². The van der Waals surface area contributed by atoms with E-state index in [1.165, 1.54) is 12.8 Å². The maximum Gasteiger partial charge on any atom is 0.131 e. The molecule has 1 atom stereocenters. The zero-order valence-corrected chi connectivity index (χ0v) is 14.4. The average Bonchev–Trinajstić information content (AvgIpc) is 3.08. The highest BCUT2D eigenvalue weighted by atomic mass is 35.5. The minimum atomic E-state index is -0.0599. The number of piperidine rings is 1. The number of aryl methyl sites for hydroxylation is 2. The Morgan fingerprint density at radius 1 is 1.43 bits per heavy atom. The molecule has 3 rings (SSSR count). The molecular formula is C15H23ClN6O. The first-order valence-electron chi connectivity index (χ1n) is 7.97. The molecule has 2 aromatic heterocycles. The molecule has 0 unspecified atom stereocenters. The molecule has 1 aliphatic rings. The summed E-state index contributed by atoms with van der Waals surface area (Å²) < 4.78 is 3.57. The quantitative estimate of drug-likeness (QED) is 0.891. The number of rotatable bonds is 5. The number of halogens is 1. The number of hydrogen-bond acceptors (Lipinski definition) is 5. The van der Waals surface area contributed by atoms with Gasteiger partial charge in [0, 0.05) is 32.2 Å². The summed E-state index contributed by atoms with van der Waals surface area (Å²) in [6, 6.07) is 0. The van der Waals surface area contributed by atoms with Crippen LogP contribution in [0.3, 0.4) is 0 Å². The Morgan fingerprint density at radius 3 is 2.91 bits per heavy atom. The van der Waals surface area contributed by atoms with Gasteiger partial charge < -0.3 is 5.11 Å². The SMILES string of the molecule is Cc1nn(C)c(Cl)c1CN1CCC[C@H](Cn2cc(CO)nn2)C1. The first kappa shape index (κ1) is 16.4. The summed E-state index contributed by atoms with van der Waals surface area (Å²) in [6.45, 7) is 5.72. The van der Waals surface area contributed by atoms with Crippen LogP contribution in [0.2, 0.25) is 5.15 Å². The van der Waals surface area contributed by atoms with Crippen molar-refractivity contribution in [3.8, 4) is 0 Å². The molecule has 7 nitrogen and oxygen atoms in total. The monoisotopic (exact) mass is 338 g/mol. The van der Waals surface area contributed by atoms with Crippen LogP contribution in [-0.2, 0) is 26.7 Å². The van der Waals surface area contributed by atoms with Crippen molar-refractivity contribution < 1.29 is 5.11 Å². The Bertz CT molecular complexity index is 667. The summed E-state index contributed by atoms with van der Waals surface area (Å²) in [7, 11) is 1.88. The van der Waals surface area contributed by atoms with Crippen molar-refractivity contribution in [2.45, 2.75) is 39.5 Å². The van der Waals surface area contributed by atoms with E-state index < -0.39 is 0 Å². The van der Waals surface area contributed by atoms with E-state index in [2.05, 4.69) is 20.3 Å². The Hall–Kier alpha value is -1.44. The maximum absolute atomic E-state index is 9.07. The van der Waals surface area contributed by atoms with Gasteiger partial charge in [-0.05, 0) is 32.2 Å². The fraction of sp³-hybridized carbons (Fsp3) is 0.667. The summed E-state index contributed by atoms with van der Waals surface area (Å²) in [6.07, 6.45) is 4.18. The van der Waals surface area contributed by atoms with Gasteiger partial charge in [0.15, 0.2) is 0 Å². The smallest absolute Gasteiger partial charge is 0.131 e. The van der Waals surface area contributed by atoms with Crippen LogP contribution >= 0.6 is 11.6 Å². The van der Waals surface area contributed by atoms with Crippen molar-refractivity contribution in [2.75, 3.05) is 13.1 Å². The lowest BCUT2D eigenvalue weighted by molar-refractivity contribution is 0.152. The van der Waals surface area contributed by atoms with Gasteiger partial charge in [0.2, 0.25) is 0 Å². The highest BCUT2D eigenvalue weighted by Gasteiger charge is 2.23. The largest absolute Gasteiger partial charge is 0.390 e. The first-order chi connectivity index (χ1) is 11.1. The molecule has 0 saturated carbocycles. The van der Waals surface area contributed by atoms with Crippen molar-refractivity contribution in [3.05, 3.63) is 28.3 Å². The molecule has 1 N–H and O–H groups in total. The average molecular weight is 339 g/mol. The molecule has 1 aliphatic heterocycles. The molecule has 23 heavy (non-hydrogen) atoms. The first-order valence-corrected chi connectivity index (χ1v) is 8.34. The molecule has 0 aromatic carbocycles. The predicted molar refractivity (Wildman–Crippen MR) is 86.9 cm³/mol. The van der Waals surface area contributed by atoms with E-state index in [-0.39, 0.29) is 6.61 Å². The Kier molecular flexibility index (Phi) is 4.99. The van der Waals surface area contributed by atoms with E-state index in [0.717, 1.165) is 42.6 Å². The summed E-state index contributed by atoms with van der Waals surface area (Å²) >= 11 is 6.35. The fourth-order valence-electron chi connectivity index (χ4n) is 3.29. The Balaban J connectivity index is 1.61. The highest BCUT2D eigenvalue weighted by Crippen LogP contribution is 2.24. The summed E-state index contributed by atoms with van der Waals surface area (Å²) in [5, 5.41) is 22.2. The van der Waals surface area contributed by atoms with Gasteiger partial charge in [0.1, 0.15) is 10.8 Å². The molecule has 1 saturated heterocycles. The number of aliphatic hydroxyl groups is 1. The van der Waals surface area contributed by atoms with E-state index in [1.54, 1.807) is 4.68 Å². The molecule has 2 aromatic rings.